The van der Waals surface area contributed by atoms with E-state index in [4.69, 9.17) is 4.74 Å². The molecule has 5 rings (SSSR count). The van der Waals surface area contributed by atoms with Crippen molar-refractivity contribution >= 4 is 5.91 Å². The van der Waals surface area contributed by atoms with Crippen molar-refractivity contribution in [2.45, 2.75) is 32.4 Å². The minimum atomic E-state index is -0.253. The van der Waals surface area contributed by atoms with Gasteiger partial charge in [0.1, 0.15) is 11.4 Å². The highest BCUT2D eigenvalue weighted by atomic mass is 16.5. The van der Waals surface area contributed by atoms with Crippen LogP contribution < -0.4 is 4.74 Å². The molecule has 3 aromatic carbocycles. The molecule has 0 spiro atoms. The van der Waals surface area contributed by atoms with Crippen LogP contribution in [0.15, 0.2) is 84.9 Å². The molecular formula is C28H27N3O2. The molecule has 0 bridgehead atoms. The largest absolute Gasteiger partial charge is 0.494 e. The maximum atomic E-state index is 13.5. The van der Waals surface area contributed by atoms with Crippen LogP contribution >= 0.6 is 0 Å². The van der Waals surface area contributed by atoms with E-state index in [1.54, 1.807) is 0 Å². The molecule has 1 amide bonds. The predicted octanol–water partition coefficient (Wildman–Crippen LogP) is 6.00. The number of ether oxygens (including phenoxy) is 1. The van der Waals surface area contributed by atoms with Gasteiger partial charge in [0.2, 0.25) is 0 Å². The molecule has 5 nitrogen and oxygen atoms in total. The minimum Gasteiger partial charge on any atom is -0.494 e. The van der Waals surface area contributed by atoms with Gasteiger partial charge in [0.05, 0.1) is 18.3 Å². The number of carbonyl (C=O) groups excluding carboxylic acids is 1. The number of fused-ring (bicyclic) bond motifs is 1. The van der Waals surface area contributed by atoms with Crippen molar-refractivity contribution in [1.82, 2.24) is 15.1 Å². The number of H-pyrrole nitrogens is 1. The lowest BCUT2D eigenvalue weighted by Crippen LogP contribution is -2.29. The zero-order chi connectivity index (χ0) is 22.6. The average Bonchev–Trinajstić information content (AvgIpc) is 3.40. The zero-order valence-corrected chi connectivity index (χ0v) is 18.7. The van der Waals surface area contributed by atoms with Crippen LogP contribution in [0.1, 0.15) is 53.0 Å². The van der Waals surface area contributed by atoms with Gasteiger partial charge in [-0.25, -0.2) is 0 Å². The maximum Gasteiger partial charge on any atom is 0.273 e. The van der Waals surface area contributed by atoms with Crippen LogP contribution in [-0.4, -0.2) is 27.6 Å². The van der Waals surface area contributed by atoms with Gasteiger partial charge in [-0.2, -0.15) is 5.10 Å². The second-order valence-corrected chi connectivity index (χ2v) is 8.32. The van der Waals surface area contributed by atoms with E-state index in [0.717, 1.165) is 46.5 Å². The molecular weight excluding hydrogens is 410 g/mol. The highest BCUT2D eigenvalue weighted by Gasteiger charge is 2.42. The third-order valence-electron chi connectivity index (χ3n) is 6.05. The molecule has 0 fully saturated rings. The molecule has 1 aromatic heterocycles. The van der Waals surface area contributed by atoms with E-state index >= 15 is 0 Å². The number of nitrogens with zero attached hydrogens (tertiary/aromatic N) is 2. The fraction of sp³-hybridized carbons (Fsp3) is 0.214. The Hall–Kier alpha value is -3.86. The van der Waals surface area contributed by atoms with Gasteiger partial charge in [0.25, 0.3) is 5.91 Å². The molecule has 1 unspecified atom stereocenters. The first-order valence-electron chi connectivity index (χ1n) is 11.5. The van der Waals surface area contributed by atoms with Gasteiger partial charge in [-0.15, -0.1) is 0 Å². The lowest BCUT2D eigenvalue weighted by atomic mass is 9.95. The summed E-state index contributed by atoms with van der Waals surface area (Å²) in [6.07, 6.45) is 2.09. The first-order chi connectivity index (χ1) is 16.3. The molecule has 0 aliphatic carbocycles. The maximum absolute atomic E-state index is 13.5. The number of rotatable bonds is 8. The van der Waals surface area contributed by atoms with Gasteiger partial charge in [-0.05, 0) is 29.7 Å². The third-order valence-corrected chi connectivity index (χ3v) is 6.05. The summed E-state index contributed by atoms with van der Waals surface area (Å²) in [5.41, 5.74) is 5.40. The van der Waals surface area contributed by atoms with Gasteiger partial charge in [-0.3, -0.25) is 9.89 Å². The first-order valence-corrected chi connectivity index (χ1v) is 11.5. The summed E-state index contributed by atoms with van der Waals surface area (Å²) in [5.74, 6) is 0.789. The number of carbonyl (C=O) groups is 1. The Labute approximate surface area is 194 Å². The molecule has 1 aliphatic heterocycles. The van der Waals surface area contributed by atoms with Crippen molar-refractivity contribution in [3.05, 3.63) is 107 Å². The summed E-state index contributed by atoms with van der Waals surface area (Å²) >= 11 is 0. The minimum absolute atomic E-state index is 0.0363. The highest BCUT2D eigenvalue weighted by molar-refractivity contribution is 6.00. The van der Waals surface area contributed by atoms with Crippen molar-refractivity contribution in [2.75, 3.05) is 6.61 Å². The average molecular weight is 438 g/mol. The van der Waals surface area contributed by atoms with Gasteiger partial charge in [0.15, 0.2) is 0 Å². The quantitative estimate of drug-likeness (QED) is 0.344. The highest BCUT2D eigenvalue weighted by Crippen LogP contribution is 2.44. The first kappa shape index (κ1) is 21.0. The Morgan fingerprint density at radius 3 is 2.48 bits per heavy atom. The second kappa shape index (κ2) is 9.33. The Kier molecular flexibility index (Phi) is 5.94. The van der Waals surface area contributed by atoms with Crippen molar-refractivity contribution in [3.8, 4) is 17.0 Å². The number of hydrogen-bond donors (Lipinski definition) is 1. The Balaban J connectivity index is 1.59. The smallest absolute Gasteiger partial charge is 0.273 e. The van der Waals surface area contributed by atoms with E-state index in [1.807, 2.05) is 65.6 Å². The van der Waals surface area contributed by atoms with E-state index < -0.39 is 0 Å². The molecule has 33 heavy (non-hydrogen) atoms. The lowest BCUT2D eigenvalue weighted by molar-refractivity contribution is 0.0730. The van der Waals surface area contributed by atoms with Gasteiger partial charge in [0, 0.05) is 17.7 Å². The van der Waals surface area contributed by atoms with Crippen molar-refractivity contribution in [3.63, 3.8) is 0 Å². The van der Waals surface area contributed by atoms with Crippen LogP contribution in [0.25, 0.3) is 11.3 Å². The summed E-state index contributed by atoms with van der Waals surface area (Å²) in [6.45, 7) is 3.35. The fourth-order valence-corrected chi connectivity index (χ4v) is 4.41. The summed E-state index contributed by atoms with van der Waals surface area (Å²) < 4.78 is 5.98. The standard InChI is InChI=1S/C28H27N3O2/c1-2-3-17-33-23-16-10-15-22(18-23)27-24-25(21-13-8-5-9-14-21)29-30-26(24)28(32)31(27)19-20-11-6-4-7-12-20/h4-16,18,27H,2-3,17,19H2,1H3,(H,29,30). The van der Waals surface area contributed by atoms with Gasteiger partial charge < -0.3 is 9.64 Å². The number of benzene rings is 3. The molecule has 0 radical (unpaired) electrons. The number of aromatic nitrogens is 2. The molecule has 166 valence electrons. The van der Waals surface area contributed by atoms with Crippen LogP contribution in [0.3, 0.4) is 0 Å². The SMILES string of the molecule is CCCCOc1cccc(C2c3c(-c4ccccc4)n[nH]c3C(=O)N2Cc2ccccc2)c1. The van der Waals surface area contributed by atoms with Crippen molar-refractivity contribution < 1.29 is 9.53 Å². The van der Waals surface area contributed by atoms with Crippen LogP contribution in [0, 0.1) is 0 Å². The monoisotopic (exact) mass is 437 g/mol. The van der Waals surface area contributed by atoms with Crippen molar-refractivity contribution in [1.29, 1.82) is 0 Å². The number of amides is 1. The fourth-order valence-electron chi connectivity index (χ4n) is 4.41. The molecule has 1 atom stereocenters. The van der Waals surface area contributed by atoms with E-state index in [0.29, 0.717) is 18.8 Å². The molecule has 0 saturated carbocycles. The molecule has 1 N–H and O–H groups in total. The number of hydrogen-bond acceptors (Lipinski definition) is 3. The molecule has 5 heteroatoms. The van der Waals surface area contributed by atoms with Crippen LogP contribution in [0.4, 0.5) is 0 Å². The van der Waals surface area contributed by atoms with Gasteiger partial charge in [-0.1, -0.05) is 86.1 Å². The summed E-state index contributed by atoms with van der Waals surface area (Å²) in [5, 5.41) is 7.59. The van der Waals surface area contributed by atoms with E-state index in [9.17, 15) is 4.79 Å². The summed E-state index contributed by atoms with van der Waals surface area (Å²) in [7, 11) is 0. The lowest BCUT2D eigenvalue weighted by Gasteiger charge is -2.27. The molecule has 4 aromatic rings. The van der Waals surface area contributed by atoms with E-state index in [-0.39, 0.29) is 11.9 Å². The van der Waals surface area contributed by atoms with Gasteiger partial charge >= 0.3 is 0 Å². The Morgan fingerprint density at radius 2 is 1.73 bits per heavy atom. The summed E-state index contributed by atoms with van der Waals surface area (Å²) in [4.78, 5) is 15.5. The molecule has 2 heterocycles. The predicted molar refractivity (Wildman–Crippen MR) is 129 cm³/mol. The van der Waals surface area contributed by atoms with Crippen molar-refractivity contribution in [2.24, 2.45) is 0 Å². The Morgan fingerprint density at radius 1 is 0.970 bits per heavy atom. The number of unbranched alkanes of at least 4 members (excludes halogenated alkanes) is 1. The molecule has 0 saturated heterocycles. The molecule has 1 aliphatic rings. The summed E-state index contributed by atoms with van der Waals surface area (Å²) in [6, 6.07) is 28.0. The number of nitrogens with one attached hydrogen (secondary N) is 1. The van der Waals surface area contributed by atoms with E-state index in [2.05, 4.69) is 41.4 Å². The third kappa shape index (κ3) is 4.14. The Bertz CT molecular complexity index is 1230. The zero-order valence-electron chi connectivity index (χ0n) is 18.7. The second-order valence-electron chi connectivity index (χ2n) is 8.32. The van der Waals surface area contributed by atoms with Crippen LogP contribution in [0.5, 0.6) is 5.75 Å². The normalized spacial score (nSPS) is 15.0. The topological polar surface area (TPSA) is 58.2 Å². The van der Waals surface area contributed by atoms with Crippen LogP contribution in [0.2, 0.25) is 0 Å². The van der Waals surface area contributed by atoms with Crippen LogP contribution in [-0.2, 0) is 6.54 Å². The van der Waals surface area contributed by atoms with E-state index in [1.165, 1.54) is 0 Å². The number of aromatic amines is 1.